The predicted molar refractivity (Wildman–Crippen MR) is 52.1 cm³/mol. The smallest absolute Gasteiger partial charge is 0.0930 e. The standard InChI is InChI=1S/C10H13N3/c1-8(6-7-11)13-10-4-2-9(12)3-5-10/h2,4,6,13H,3,5,12H2,1H3/b8-6+. The molecule has 0 fully saturated rings. The van der Waals surface area contributed by atoms with Crippen LogP contribution in [0.5, 0.6) is 0 Å². The Kier molecular flexibility index (Phi) is 3.15. The molecule has 0 unspecified atom stereocenters. The lowest BCUT2D eigenvalue weighted by atomic mass is 10.1. The molecule has 3 nitrogen and oxygen atoms in total. The van der Waals surface area contributed by atoms with Crippen molar-refractivity contribution in [3.8, 4) is 6.07 Å². The molecule has 13 heavy (non-hydrogen) atoms. The summed E-state index contributed by atoms with van der Waals surface area (Å²) in [4.78, 5) is 0. The fraction of sp³-hybridized carbons (Fsp3) is 0.300. The van der Waals surface area contributed by atoms with E-state index in [9.17, 15) is 0 Å². The fourth-order valence-electron chi connectivity index (χ4n) is 1.14. The lowest BCUT2D eigenvalue weighted by molar-refractivity contribution is 0.805. The minimum atomic E-state index is 0.864. The first-order chi connectivity index (χ1) is 6.22. The lowest BCUT2D eigenvalue weighted by Gasteiger charge is -2.13. The molecule has 3 heteroatoms. The van der Waals surface area contributed by atoms with Gasteiger partial charge >= 0.3 is 0 Å². The summed E-state index contributed by atoms with van der Waals surface area (Å²) in [6.07, 6.45) is 7.14. The maximum absolute atomic E-state index is 8.39. The Morgan fingerprint density at radius 3 is 2.92 bits per heavy atom. The van der Waals surface area contributed by atoms with Gasteiger partial charge in [-0.3, -0.25) is 0 Å². The van der Waals surface area contributed by atoms with Crippen molar-refractivity contribution in [2.45, 2.75) is 19.8 Å². The Hall–Kier alpha value is -1.69. The van der Waals surface area contributed by atoms with Gasteiger partial charge in [0.05, 0.1) is 6.07 Å². The van der Waals surface area contributed by atoms with Crippen LogP contribution in [0.25, 0.3) is 0 Å². The second kappa shape index (κ2) is 4.36. The summed E-state index contributed by atoms with van der Waals surface area (Å²) < 4.78 is 0. The van der Waals surface area contributed by atoms with E-state index >= 15 is 0 Å². The molecule has 0 spiro atoms. The largest absolute Gasteiger partial charge is 0.402 e. The van der Waals surface area contributed by atoms with Crippen LogP contribution < -0.4 is 11.1 Å². The molecule has 1 aliphatic rings. The summed E-state index contributed by atoms with van der Waals surface area (Å²) in [6, 6.07) is 1.97. The summed E-state index contributed by atoms with van der Waals surface area (Å²) in [7, 11) is 0. The average molecular weight is 175 g/mol. The van der Waals surface area contributed by atoms with Crippen molar-refractivity contribution in [1.82, 2.24) is 5.32 Å². The minimum Gasteiger partial charge on any atom is -0.402 e. The number of nitrogens with one attached hydrogen (secondary N) is 1. The lowest BCUT2D eigenvalue weighted by Crippen LogP contribution is -2.14. The molecule has 68 valence electrons. The Morgan fingerprint density at radius 2 is 2.38 bits per heavy atom. The number of rotatable bonds is 2. The highest BCUT2D eigenvalue weighted by atomic mass is 14.9. The number of allylic oxidation sites excluding steroid dienone is 6. The molecule has 0 aromatic rings. The molecule has 0 saturated carbocycles. The summed E-state index contributed by atoms with van der Waals surface area (Å²) in [6.45, 7) is 1.87. The molecule has 0 aromatic carbocycles. The first-order valence-corrected chi connectivity index (χ1v) is 4.21. The summed E-state index contributed by atoms with van der Waals surface area (Å²) in [5.74, 6) is 0. The van der Waals surface area contributed by atoms with Crippen molar-refractivity contribution >= 4 is 0 Å². The zero-order valence-corrected chi connectivity index (χ0v) is 7.67. The number of hydrogen-bond acceptors (Lipinski definition) is 3. The summed E-state index contributed by atoms with van der Waals surface area (Å²) >= 11 is 0. The molecule has 0 bridgehead atoms. The third-order valence-corrected chi connectivity index (χ3v) is 1.82. The summed E-state index contributed by atoms with van der Waals surface area (Å²) in [5, 5.41) is 11.5. The van der Waals surface area contributed by atoms with Crippen molar-refractivity contribution in [1.29, 1.82) is 5.26 Å². The number of nitrogens with zero attached hydrogens (tertiary/aromatic N) is 1. The second-order valence-electron chi connectivity index (χ2n) is 3.01. The Balaban J connectivity index is 2.57. The highest BCUT2D eigenvalue weighted by molar-refractivity contribution is 5.24. The van der Waals surface area contributed by atoms with Crippen LogP contribution in [0.1, 0.15) is 19.8 Å². The van der Waals surface area contributed by atoms with E-state index in [4.69, 9.17) is 11.0 Å². The van der Waals surface area contributed by atoms with Gasteiger partial charge in [-0.1, -0.05) is 0 Å². The van der Waals surface area contributed by atoms with E-state index in [1.807, 2.05) is 25.1 Å². The zero-order chi connectivity index (χ0) is 9.68. The average Bonchev–Trinajstić information content (AvgIpc) is 2.09. The monoisotopic (exact) mass is 175 g/mol. The molecule has 0 amide bonds. The normalized spacial score (nSPS) is 17.1. The van der Waals surface area contributed by atoms with Gasteiger partial charge in [0.25, 0.3) is 0 Å². The van der Waals surface area contributed by atoms with Gasteiger partial charge in [0.2, 0.25) is 0 Å². The van der Waals surface area contributed by atoms with Crippen LogP contribution in [0, 0.1) is 11.3 Å². The van der Waals surface area contributed by atoms with E-state index in [0.29, 0.717) is 0 Å². The molecule has 0 aliphatic heterocycles. The second-order valence-corrected chi connectivity index (χ2v) is 3.01. The molecule has 1 aliphatic carbocycles. The van der Waals surface area contributed by atoms with Crippen molar-refractivity contribution < 1.29 is 0 Å². The number of nitrogens with two attached hydrogens (primary N) is 1. The fourth-order valence-corrected chi connectivity index (χ4v) is 1.14. The zero-order valence-electron chi connectivity index (χ0n) is 7.67. The van der Waals surface area contributed by atoms with Gasteiger partial charge < -0.3 is 11.1 Å². The molecule has 3 N–H and O–H groups in total. The van der Waals surface area contributed by atoms with Crippen LogP contribution in [0.3, 0.4) is 0 Å². The molecule has 1 rings (SSSR count). The van der Waals surface area contributed by atoms with Crippen LogP contribution in [-0.2, 0) is 0 Å². The van der Waals surface area contributed by atoms with Gasteiger partial charge in [0, 0.05) is 23.2 Å². The van der Waals surface area contributed by atoms with E-state index in [1.54, 1.807) is 0 Å². The van der Waals surface area contributed by atoms with Gasteiger partial charge in [-0.15, -0.1) is 0 Å². The van der Waals surface area contributed by atoms with Gasteiger partial charge in [0.15, 0.2) is 0 Å². The number of nitriles is 1. The highest BCUT2D eigenvalue weighted by Gasteiger charge is 2.02. The van der Waals surface area contributed by atoms with Gasteiger partial charge in [-0.05, 0) is 31.9 Å². The van der Waals surface area contributed by atoms with Crippen molar-refractivity contribution in [3.05, 3.63) is 35.3 Å². The SMILES string of the molecule is C/C(=C\C#N)NC1=CC=C(N)CC1. The van der Waals surface area contributed by atoms with E-state index in [0.717, 1.165) is 29.9 Å². The maximum atomic E-state index is 8.39. The number of hydrogen-bond donors (Lipinski definition) is 2. The van der Waals surface area contributed by atoms with Crippen LogP contribution in [-0.4, -0.2) is 0 Å². The van der Waals surface area contributed by atoms with Crippen molar-refractivity contribution in [3.63, 3.8) is 0 Å². The van der Waals surface area contributed by atoms with Gasteiger partial charge in [-0.25, -0.2) is 0 Å². The topological polar surface area (TPSA) is 61.8 Å². The first kappa shape index (κ1) is 9.40. The quantitative estimate of drug-likeness (QED) is 0.625. The van der Waals surface area contributed by atoms with Gasteiger partial charge in [-0.2, -0.15) is 5.26 Å². The predicted octanol–water partition coefficient (Wildman–Crippen LogP) is 1.52. The van der Waals surface area contributed by atoms with Gasteiger partial charge in [0.1, 0.15) is 0 Å². The van der Waals surface area contributed by atoms with E-state index < -0.39 is 0 Å². The van der Waals surface area contributed by atoms with Crippen LogP contribution in [0.4, 0.5) is 0 Å². The van der Waals surface area contributed by atoms with Crippen molar-refractivity contribution in [2.24, 2.45) is 5.73 Å². The third kappa shape index (κ3) is 3.04. The van der Waals surface area contributed by atoms with E-state index in [1.165, 1.54) is 6.08 Å². The molecule has 0 aromatic heterocycles. The first-order valence-electron chi connectivity index (χ1n) is 4.21. The van der Waals surface area contributed by atoms with Crippen LogP contribution in [0.15, 0.2) is 35.3 Å². The maximum Gasteiger partial charge on any atom is 0.0930 e. The minimum absolute atomic E-state index is 0.864. The Labute approximate surface area is 78.2 Å². The molecule has 0 radical (unpaired) electrons. The Bertz CT molecular complexity index is 316. The molecule has 0 atom stereocenters. The molecular weight excluding hydrogens is 162 g/mol. The summed E-state index contributed by atoms with van der Waals surface area (Å²) in [5.41, 5.74) is 8.49. The highest BCUT2D eigenvalue weighted by Crippen LogP contribution is 2.13. The van der Waals surface area contributed by atoms with E-state index in [2.05, 4.69) is 5.32 Å². The Morgan fingerprint density at radius 1 is 1.62 bits per heavy atom. The molecule has 0 heterocycles. The van der Waals surface area contributed by atoms with Crippen LogP contribution >= 0.6 is 0 Å². The third-order valence-electron chi connectivity index (χ3n) is 1.82. The van der Waals surface area contributed by atoms with Crippen LogP contribution in [0.2, 0.25) is 0 Å². The molecule has 0 saturated heterocycles. The van der Waals surface area contributed by atoms with Crippen molar-refractivity contribution in [2.75, 3.05) is 0 Å². The van der Waals surface area contributed by atoms with E-state index in [-0.39, 0.29) is 0 Å². The molecular formula is C10H13N3.